The monoisotopic (exact) mass is 769 g/mol. The molecule has 0 unspecified atom stereocenters. The summed E-state index contributed by atoms with van der Waals surface area (Å²) in [4.78, 5) is 5.04. The number of nitrogens with one attached hydrogen (secondary N) is 1. The second-order valence-electron chi connectivity index (χ2n) is 17.7. The van der Waals surface area contributed by atoms with Crippen LogP contribution in [0.1, 0.15) is 52.8 Å². The molecule has 0 bridgehead atoms. The van der Waals surface area contributed by atoms with Crippen molar-refractivity contribution in [1.29, 1.82) is 0 Å². The Balaban J connectivity index is 1.32. The molecule has 58 heavy (non-hydrogen) atoms. The van der Waals surface area contributed by atoms with E-state index in [1.54, 1.807) is 0 Å². The van der Waals surface area contributed by atoms with E-state index in [4.69, 9.17) is 10.1 Å². The third-order valence-corrected chi connectivity index (χ3v) is 16.8. The van der Waals surface area contributed by atoms with Crippen LogP contribution in [-0.4, -0.2) is 32.4 Å². The maximum atomic E-state index is 5.04. The summed E-state index contributed by atoms with van der Waals surface area (Å²) in [5.74, 6) is 1.83. The van der Waals surface area contributed by atoms with E-state index in [2.05, 4.69) is 220 Å². The highest BCUT2D eigenvalue weighted by Crippen LogP contribution is 2.35. The van der Waals surface area contributed by atoms with Crippen molar-refractivity contribution in [3.05, 3.63) is 181 Å². The summed E-state index contributed by atoms with van der Waals surface area (Å²) in [5, 5.41) is 18.5. The van der Waals surface area contributed by atoms with Gasteiger partial charge in [0.1, 0.15) is 5.82 Å². The van der Waals surface area contributed by atoms with Crippen LogP contribution in [0.25, 0.3) is 55.2 Å². The van der Waals surface area contributed by atoms with Crippen LogP contribution < -0.4 is 20.7 Å². The normalized spacial score (nSPS) is 12.7. The summed E-state index contributed by atoms with van der Waals surface area (Å²) < 4.78 is 4.73. The van der Waals surface area contributed by atoms with E-state index in [1.807, 2.05) is 6.20 Å². The van der Waals surface area contributed by atoms with Crippen molar-refractivity contribution in [3.63, 3.8) is 0 Å². The standard InChI is InChI=1S/C52H47N5Si/c1-51(2,3)35-29-30-53-49(31-35)56-44-23-15-13-21-40(44)42-27-25-38(32-46(42)56)58(36-17-9-7-10-18-36,37-19-11-8-12-20-37)39-26-28-43-41-22-14-16-24-45(41)57(47(43)33-39)50-34-48(54-55-50)52(4,5)6/h7-34H,1-6H3,(H,54,55). The van der Waals surface area contributed by atoms with Gasteiger partial charge >= 0.3 is 0 Å². The van der Waals surface area contributed by atoms with Crippen LogP contribution in [0.15, 0.2) is 170 Å². The summed E-state index contributed by atoms with van der Waals surface area (Å²) in [5.41, 5.74) is 6.87. The first-order chi connectivity index (χ1) is 28.0. The molecule has 284 valence electrons. The number of hydrogen-bond acceptors (Lipinski definition) is 2. The third-order valence-electron chi connectivity index (χ3n) is 12.1. The summed E-state index contributed by atoms with van der Waals surface area (Å²) in [7, 11) is -3.02. The van der Waals surface area contributed by atoms with Gasteiger partial charge in [0.15, 0.2) is 13.9 Å². The van der Waals surface area contributed by atoms with Gasteiger partial charge in [0.05, 0.1) is 22.1 Å². The number of pyridine rings is 1. The molecule has 0 fully saturated rings. The minimum Gasteiger partial charge on any atom is -0.294 e. The van der Waals surface area contributed by atoms with Gasteiger partial charge < -0.3 is 0 Å². The molecule has 1 N–H and O–H groups in total. The molecule has 0 saturated heterocycles. The lowest BCUT2D eigenvalue weighted by molar-refractivity contribution is 0.567. The average Bonchev–Trinajstić information content (AvgIpc) is 3.95. The van der Waals surface area contributed by atoms with E-state index in [0.29, 0.717) is 0 Å². The number of hydrogen-bond donors (Lipinski definition) is 1. The molecule has 4 heterocycles. The fraction of sp³-hybridized carbons (Fsp3) is 0.154. The molecule has 0 saturated carbocycles. The molecule has 0 spiro atoms. The maximum absolute atomic E-state index is 5.04. The number of H-pyrrole nitrogens is 1. The van der Waals surface area contributed by atoms with Crippen LogP contribution >= 0.6 is 0 Å². The third kappa shape index (κ3) is 5.58. The lowest BCUT2D eigenvalue weighted by Gasteiger charge is -2.34. The molecule has 6 aromatic carbocycles. The molecular weight excluding hydrogens is 723 g/mol. The summed E-state index contributed by atoms with van der Waals surface area (Å²) in [6, 6.07) is 61.0. The molecule has 0 aliphatic heterocycles. The maximum Gasteiger partial charge on any atom is 0.179 e. The number of rotatable bonds is 6. The Morgan fingerprint density at radius 1 is 0.431 bits per heavy atom. The lowest BCUT2D eigenvalue weighted by atomic mass is 9.88. The van der Waals surface area contributed by atoms with Gasteiger partial charge in [-0.15, -0.1) is 0 Å². The molecule has 10 rings (SSSR count). The Kier molecular flexibility index (Phi) is 8.22. The molecule has 6 heteroatoms. The molecule has 10 aromatic rings. The van der Waals surface area contributed by atoms with E-state index >= 15 is 0 Å². The number of para-hydroxylation sites is 2. The predicted molar refractivity (Wildman–Crippen MR) is 246 cm³/mol. The van der Waals surface area contributed by atoms with E-state index in [-0.39, 0.29) is 10.8 Å². The molecule has 0 atom stereocenters. The smallest absolute Gasteiger partial charge is 0.179 e. The average molecular weight is 770 g/mol. The Labute approximate surface area is 340 Å². The number of benzene rings is 6. The fourth-order valence-corrected chi connectivity index (χ4v) is 13.9. The Morgan fingerprint density at radius 3 is 1.41 bits per heavy atom. The zero-order valence-electron chi connectivity index (χ0n) is 34.0. The van der Waals surface area contributed by atoms with Gasteiger partial charge in [-0.1, -0.05) is 163 Å². The summed E-state index contributed by atoms with van der Waals surface area (Å²) in [6.07, 6.45) is 1.96. The molecule has 0 aliphatic carbocycles. The first-order valence-corrected chi connectivity index (χ1v) is 22.2. The molecular formula is C52H47N5Si. The Hall–Kier alpha value is -6.50. The zero-order chi connectivity index (χ0) is 39.8. The number of fused-ring (bicyclic) bond motifs is 6. The molecule has 4 aromatic heterocycles. The predicted octanol–water partition coefficient (Wildman–Crippen LogP) is 9.97. The summed E-state index contributed by atoms with van der Waals surface area (Å²) in [6.45, 7) is 13.5. The van der Waals surface area contributed by atoms with E-state index < -0.39 is 8.07 Å². The number of aromatic nitrogens is 5. The second-order valence-corrected chi connectivity index (χ2v) is 21.5. The van der Waals surface area contributed by atoms with Crippen molar-refractivity contribution in [2.75, 3.05) is 0 Å². The Bertz CT molecular complexity index is 3100. The zero-order valence-corrected chi connectivity index (χ0v) is 35.0. The minimum atomic E-state index is -3.02. The second kappa shape index (κ2) is 13.3. The molecule has 0 aliphatic rings. The lowest BCUT2D eigenvalue weighted by Crippen LogP contribution is -2.74. The van der Waals surface area contributed by atoms with Crippen LogP contribution in [0.5, 0.6) is 0 Å². The van der Waals surface area contributed by atoms with Crippen molar-refractivity contribution in [2.45, 2.75) is 52.4 Å². The van der Waals surface area contributed by atoms with Crippen LogP contribution in [0.2, 0.25) is 0 Å². The number of aromatic amines is 1. The number of nitrogens with zero attached hydrogens (tertiary/aromatic N) is 4. The van der Waals surface area contributed by atoms with Gasteiger partial charge in [-0.05, 0) is 68.1 Å². The fourth-order valence-electron chi connectivity index (χ4n) is 9.09. The van der Waals surface area contributed by atoms with Crippen LogP contribution in [0.4, 0.5) is 0 Å². The van der Waals surface area contributed by atoms with Crippen molar-refractivity contribution < 1.29 is 0 Å². The minimum absolute atomic E-state index is 0.0182. The first kappa shape index (κ1) is 35.9. The van der Waals surface area contributed by atoms with E-state index in [9.17, 15) is 0 Å². The molecule has 0 radical (unpaired) electrons. The highest BCUT2D eigenvalue weighted by Gasteiger charge is 2.42. The van der Waals surface area contributed by atoms with Crippen molar-refractivity contribution in [1.82, 2.24) is 24.3 Å². The quantitative estimate of drug-likeness (QED) is 0.135. The van der Waals surface area contributed by atoms with Gasteiger partial charge in [-0.2, -0.15) is 5.10 Å². The van der Waals surface area contributed by atoms with Gasteiger partial charge in [0, 0.05) is 44.9 Å². The first-order valence-electron chi connectivity index (χ1n) is 20.2. The molecule has 0 amide bonds. The van der Waals surface area contributed by atoms with Crippen LogP contribution in [0.3, 0.4) is 0 Å². The van der Waals surface area contributed by atoms with Crippen molar-refractivity contribution in [3.8, 4) is 11.6 Å². The van der Waals surface area contributed by atoms with Gasteiger partial charge in [0.25, 0.3) is 0 Å². The van der Waals surface area contributed by atoms with Gasteiger partial charge in [-0.25, -0.2) is 4.98 Å². The SMILES string of the molecule is CC(C)(C)c1ccnc(-n2c3ccccc3c3ccc([Si](c4ccccc4)(c4ccccc4)c4ccc5c6ccccc6n(-c6cc(C(C)(C)C)[nH]n6)c5c4)cc32)c1. The van der Waals surface area contributed by atoms with Gasteiger partial charge in [-0.3, -0.25) is 14.2 Å². The van der Waals surface area contributed by atoms with Crippen molar-refractivity contribution >= 4 is 72.4 Å². The highest BCUT2D eigenvalue weighted by molar-refractivity contribution is 7.20. The van der Waals surface area contributed by atoms with E-state index in [1.165, 1.54) is 47.9 Å². The summed E-state index contributed by atoms with van der Waals surface area (Å²) >= 11 is 0. The van der Waals surface area contributed by atoms with Crippen LogP contribution in [-0.2, 0) is 10.8 Å². The molecule has 5 nitrogen and oxygen atoms in total. The van der Waals surface area contributed by atoms with Gasteiger partial charge in [0.2, 0.25) is 0 Å². The topological polar surface area (TPSA) is 51.4 Å². The van der Waals surface area contributed by atoms with Crippen molar-refractivity contribution in [2.24, 2.45) is 0 Å². The largest absolute Gasteiger partial charge is 0.294 e. The highest BCUT2D eigenvalue weighted by atomic mass is 28.3. The Morgan fingerprint density at radius 2 is 0.914 bits per heavy atom. The van der Waals surface area contributed by atoms with Crippen LogP contribution in [0, 0.1) is 0 Å². The van der Waals surface area contributed by atoms with E-state index in [0.717, 1.165) is 39.4 Å².